The number of nitrogens with zero attached hydrogens (tertiary/aromatic N) is 1. The van der Waals surface area contributed by atoms with E-state index in [4.69, 9.17) is 5.11 Å². The largest absolute Gasteiger partial charge is 0.480 e. The van der Waals surface area contributed by atoms with Crippen LogP contribution in [-0.4, -0.2) is 15.6 Å². The van der Waals surface area contributed by atoms with Gasteiger partial charge in [-0.25, -0.2) is 4.39 Å². The van der Waals surface area contributed by atoms with E-state index >= 15 is 0 Å². The number of carboxylic acids is 1. The van der Waals surface area contributed by atoms with Crippen LogP contribution >= 0.6 is 0 Å². The molecule has 0 aliphatic carbocycles. The van der Waals surface area contributed by atoms with E-state index in [0.717, 1.165) is 4.57 Å². The number of benzene rings is 1. The number of aromatic nitrogens is 1. The molecule has 92 valence electrons. The standard InChI is InChI=1S/C13H10FNO3/c14-11-4-2-1-3-10(11)9-5-6-12(16)15(7-9)8-13(17)18/h1-7H,8H2,(H,17,18). The highest BCUT2D eigenvalue weighted by molar-refractivity contribution is 5.67. The van der Waals surface area contributed by atoms with Crippen molar-refractivity contribution in [1.29, 1.82) is 0 Å². The first-order valence-corrected chi connectivity index (χ1v) is 5.25. The molecule has 0 bridgehead atoms. The maximum Gasteiger partial charge on any atom is 0.323 e. The summed E-state index contributed by atoms with van der Waals surface area (Å²) in [6.07, 6.45) is 1.34. The Labute approximate surface area is 102 Å². The van der Waals surface area contributed by atoms with Crippen molar-refractivity contribution in [1.82, 2.24) is 4.57 Å². The van der Waals surface area contributed by atoms with Crippen molar-refractivity contribution in [3.63, 3.8) is 0 Å². The van der Waals surface area contributed by atoms with Crippen molar-refractivity contribution in [2.45, 2.75) is 6.54 Å². The van der Waals surface area contributed by atoms with Gasteiger partial charge in [-0.15, -0.1) is 0 Å². The second-order valence-electron chi connectivity index (χ2n) is 3.76. The lowest BCUT2D eigenvalue weighted by atomic mass is 10.1. The van der Waals surface area contributed by atoms with Crippen molar-refractivity contribution < 1.29 is 14.3 Å². The van der Waals surface area contributed by atoms with Gasteiger partial charge in [-0.3, -0.25) is 9.59 Å². The van der Waals surface area contributed by atoms with Gasteiger partial charge in [0, 0.05) is 23.4 Å². The minimum atomic E-state index is -1.12. The number of hydrogen-bond acceptors (Lipinski definition) is 2. The summed E-state index contributed by atoms with van der Waals surface area (Å²) in [5.41, 5.74) is 0.364. The average Bonchev–Trinajstić information content (AvgIpc) is 2.32. The number of rotatable bonds is 3. The molecule has 0 amide bonds. The quantitative estimate of drug-likeness (QED) is 0.898. The Kier molecular flexibility index (Phi) is 3.23. The molecule has 1 heterocycles. The van der Waals surface area contributed by atoms with Crippen LogP contribution in [0.5, 0.6) is 0 Å². The molecule has 1 N–H and O–H groups in total. The number of carboxylic acid groups (broad SMARTS) is 1. The molecule has 1 aromatic heterocycles. The maximum absolute atomic E-state index is 13.6. The van der Waals surface area contributed by atoms with E-state index in [1.165, 1.54) is 24.4 Å². The van der Waals surface area contributed by atoms with E-state index in [2.05, 4.69) is 0 Å². The highest BCUT2D eigenvalue weighted by Crippen LogP contribution is 2.20. The third kappa shape index (κ3) is 2.45. The first-order valence-electron chi connectivity index (χ1n) is 5.25. The fourth-order valence-electron chi connectivity index (χ4n) is 1.66. The van der Waals surface area contributed by atoms with E-state index in [-0.39, 0.29) is 0 Å². The van der Waals surface area contributed by atoms with Crippen molar-refractivity contribution in [2.24, 2.45) is 0 Å². The number of hydrogen-bond donors (Lipinski definition) is 1. The van der Waals surface area contributed by atoms with Crippen LogP contribution in [0.2, 0.25) is 0 Å². The number of carbonyl (C=O) groups is 1. The highest BCUT2D eigenvalue weighted by atomic mass is 19.1. The summed E-state index contributed by atoms with van der Waals surface area (Å²) in [6, 6.07) is 8.81. The molecular formula is C13H10FNO3. The van der Waals surface area contributed by atoms with Crippen molar-refractivity contribution in [3.8, 4) is 11.1 Å². The van der Waals surface area contributed by atoms with E-state index in [1.54, 1.807) is 18.2 Å². The zero-order valence-electron chi connectivity index (χ0n) is 9.34. The third-order valence-corrected chi connectivity index (χ3v) is 2.47. The Morgan fingerprint density at radius 2 is 1.94 bits per heavy atom. The van der Waals surface area contributed by atoms with Crippen LogP contribution < -0.4 is 5.56 Å². The molecule has 4 nitrogen and oxygen atoms in total. The Morgan fingerprint density at radius 3 is 2.61 bits per heavy atom. The summed E-state index contributed by atoms with van der Waals surface area (Å²) >= 11 is 0. The van der Waals surface area contributed by atoms with Crippen LogP contribution in [0.25, 0.3) is 11.1 Å². The van der Waals surface area contributed by atoms with Crippen LogP contribution in [0, 0.1) is 5.82 Å². The normalized spacial score (nSPS) is 10.3. The zero-order chi connectivity index (χ0) is 13.1. The summed E-state index contributed by atoms with van der Waals surface area (Å²) in [7, 11) is 0. The van der Waals surface area contributed by atoms with E-state index in [9.17, 15) is 14.0 Å². The maximum atomic E-state index is 13.6. The van der Waals surface area contributed by atoms with Crippen LogP contribution in [0.3, 0.4) is 0 Å². The molecular weight excluding hydrogens is 237 g/mol. The molecule has 0 atom stereocenters. The minimum Gasteiger partial charge on any atom is -0.480 e. The fourth-order valence-corrected chi connectivity index (χ4v) is 1.66. The lowest BCUT2D eigenvalue weighted by Gasteiger charge is -2.06. The van der Waals surface area contributed by atoms with Gasteiger partial charge in [-0.1, -0.05) is 18.2 Å². The molecule has 2 aromatic rings. The number of aliphatic carboxylic acids is 1. The van der Waals surface area contributed by atoms with Crippen LogP contribution in [-0.2, 0) is 11.3 Å². The fraction of sp³-hybridized carbons (Fsp3) is 0.0769. The molecule has 0 radical (unpaired) electrons. The van der Waals surface area contributed by atoms with Gasteiger partial charge < -0.3 is 9.67 Å². The Morgan fingerprint density at radius 1 is 1.22 bits per heavy atom. The molecule has 2 rings (SSSR count). The second-order valence-corrected chi connectivity index (χ2v) is 3.76. The highest BCUT2D eigenvalue weighted by Gasteiger charge is 2.07. The summed E-state index contributed by atoms with van der Waals surface area (Å²) in [4.78, 5) is 22.0. The van der Waals surface area contributed by atoms with Crippen molar-refractivity contribution in [3.05, 3.63) is 58.8 Å². The van der Waals surface area contributed by atoms with Crippen molar-refractivity contribution >= 4 is 5.97 Å². The predicted molar refractivity (Wildman–Crippen MR) is 63.7 cm³/mol. The summed E-state index contributed by atoms with van der Waals surface area (Å²) in [5.74, 6) is -1.54. The van der Waals surface area contributed by atoms with Gasteiger partial charge in [0.1, 0.15) is 12.4 Å². The number of pyridine rings is 1. The van der Waals surface area contributed by atoms with Gasteiger partial charge in [0.2, 0.25) is 0 Å². The third-order valence-electron chi connectivity index (χ3n) is 2.47. The molecule has 0 aliphatic heterocycles. The van der Waals surface area contributed by atoms with Crippen LogP contribution in [0.1, 0.15) is 0 Å². The van der Waals surface area contributed by atoms with E-state index in [0.29, 0.717) is 11.1 Å². The van der Waals surface area contributed by atoms with Gasteiger partial charge >= 0.3 is 5.97 Å². The first kappa shape index (κ1) is 12.0. The van der Waals surface area contributed by atoms with Crippen LogP contribution in [0.4, 0.5) is 4.39 Å². The van der Waals surface area contributed by atoms with Gasteiger partial charge in [-0.2, -0.15) is 0 Å². The second kappa shape index (κ2) is 4.83. The molecule has 0 saturated carbocycles. The monoisotopic (exact) mass is 247 g/mol. The smallest absolute Gasteiger partial charge is 0.323 e. The van der Waals surface area contributed by atoms with Gasteiger partial charge in [0.05, 0.1) is 0 Å². The lowest BCUT2D eigenvalue weighted by molar-refractivity contribution is -0.137. The molecule has 0 unspecified atom stereocenters. The van der Waals surface area contributed by atoms with E-state index < -0.39 is 23.9 Å². The zero-order valence-corrected chi connectivity index (χ0v) is 9.34. The molecule has 5 heteroatoms. The molecule has 0 fully saturated rings. The summed E-state index contributed by atoms with van der Waals surface area (Å²) < 4.78 is 14.6. The van der Waals surface area contributed by atoms with Gasteiger partial charge in [0.15, 0.2) is 0 Å². The predicted octanol–water partition coefficient (Wildman–Crippen LogP) is 1.74. The Balaban J connectivity index is 2.51. The molecule has 0 spiro atoms. The molecule has 18 heavy (non-hydrogen) atoms. The molecule has 0 saturated heterocycles. The summed E-state index contributed by atoms with van der Waals surface area (Å²) in [6.45, 7) is -0.443. The molecule has 1 aromatic carbocycles. The van der Waals surface area contributed by atoms with Gasteiger partial charge in [0.25, 0.3) is 5.56 Å². The first-order chi connectivity index (χ1) is 8.58. The van der Waals surface area contributed by atoms with Crippen LogP contribution in [0.15, 0.2) is 47.4 Å². The van der Waals surface area contributed by atoms with E-state index in [1.807, 2.05) is 0 Å². The summed E-state index contributed by atoms with van der Waals surface area (Å²) in [5, 5.41) is 8.67. The van der Waals surface area contributed by atoms with Gasteiger partial charge in [-0.05, 0) is 12.1 Å². The average molecular weight is 247 g/mol. The van der Waals surface area contributed by atoms with Crippen molar-refractivity contribution in [2.75, 3.05) is 0 Å². The minimum absolute atomic E-state index is 0.330. The Hall–Kier alpha value is -2.43. The molecule has 0 aliphatic rings. The SMILES string of the molecule is O=C(O)Cn1cc(-c2ccccc2F)ccc1=O. The lowest BCUT2D eigenvalue weighted by Crippen LogP contribution is -2.22. The number of halogens is 1. The Bertz CT molecular complexity index is 649. The topological polar surface area (TPSA) is 59.3 Å².